The Balaban J connectivity index is 1.36. The summed E-state index contributed by atoms with van der Waals surface area (Å²) in [5, 5.41) is 3.27. The summed E-state index contributed by atoms with van der Waals surface area (Å²) in [4.78, 5) is 18.3. The summed E-state index contributed by atoms with van der Waals surface area (Å²) < 4.78 is 41.5. The molecule has 0 saturated carbocycles. The number of aromatic nitrogens is 1. The molecule has 0 atom stereocenters. The Kier molecular flexibility index (Phi) is 6.36. The molecule has 0 unspecified atom stereocenters. The van der Waals surface area contributed by atoms with Crippen LogP contribution in [0.3, 0.4) is 0 Å². The van der Waals surface area contributed by atoms with Gasteiger partial charge in [-0.05, 0) is 67.3 Å². The predicted octanol–water partition coefficient (Wildman–Crippen LogP) is 5.50. The fraction of sp³-hybridized carbons (Fsp3) is 0.185. The number of hydrogen-bond donors (Lipinski definition) is 1. The number of carbonyl (C=O) groups is 1. The first kappa shape index (κ1) is 24.1. The smallest absolute Gasteiger partial charge is 0.264 e. The third-order valence-electron chi connectivity index (χ3n) is 6.16. The van der Waals surface area contributed by atoms with Gasteiger partial charge in [0, 0.05) is 17.0 Å². The molecule has 0 bridgehead atoms. The van der Waals surface area contributed by atoms with Gasteiger partial charge in [-0.1, -0.05) is 36.4 Å². The van der Waals surface area contributed by atoms with Crippen molar-refractivity contribution in [3.05, 3.63) is 94.1 Å². The summed E-state index contributed by atoms with van der Waals surface area (Å²) in [7, 11) is -3.66. The van der Waals surface area contributed by atoms with Gasteiger partial charge in [0.25, 0.3) is 10.0 Å². The van der Waals surface area contributed by atoms with Gasteiger partial charge >= 0.3 is 0 Å². The average Bonchev–Trinajstić information content (AvgIpc) is 3.42. The van der Waals surface area contributed by atoms with Crippen LogP contribution in [0.1, 0.15) is 21.6 Å². The lowest BCUT2D eigenvalue weighted by molar-refractivity contribution is -0.115. The third kappa shape index (κ3) is 4.64. The van der Waals surface area contributed by atoms with Crippen molar-refractivity contribution in [3.63, 3.8) is 0 Å². The van der Waals surface area contributed by atoms with E-state index in [4.69, 9.17) is 0 Å². The van der Waals surface area contributed by atoms with Crippen LogP contribution in [-0.4, -0.2) is 25.9 Å². The molecule has 1 amide bonds. The van der Waals surface area contributed by atoms with E-state index in [1.54, 1.807) is 37.3 Å². The third-order valence-corrected chi connectivity index (χ3v) is 9.02. The number of nitrogens with one attached hydrogen (secondary N) is 1. The van der Waals surface area contributed by atoms with E-state index in [0.717, 1.165) is 21.7 Å². The molecule has 3 aromatic carbocycles. The second-order valence-corrected chi connectivity index (χ2v) is 11.7. The molecule has 1 aliphatic rings. The summed E-state index contributed by atoms with van der Waals surface area (Å²) in [6.07, 6.45) is 0.657. The van der Waals surface area contributed by atoms with Crippen molar-refractivity contribution < 1.29 is 17.6 Å². The Morgan fingerprint density at radius 2 is 1.89 bits per heavy atom. The first-order valence-corrected chi connectivity index (χ1v) is 13.7. The summed E-state index contributed by atoms with van der Waals surface area (Å²) >= 11 is 1.36. The van der Waals surface area contributed by atoms with Gasteiger partial charge in [-0.3, -0.25) is 9.10 Å². The largest absolute Gasteiger partial charge is 0.302 e. The number of benzene rings is 3. The Labute approximate surface area is 213 Å². The number of hydrogen-bond acceptors (Lipinski definition) is 5. The molecule has 6 nitrogen and oxygen atoms in total. The van der Waals surface area contributed by atoms with Crippen LogP contribution in [0.25, 0.3) is 11.3 Å². The zero-order valence-corrected chi connectivity index (χ0v) is 21.4. The number of fused-ring (bicyclic) bond motifs is 1. The molecule has 1 aromatic heterocycles. The summed E-state index contributed by atoms with van der Waals surface area (Å²) in [5.41, 5.74) is 4.53. The first-order valence-electron chi connectivity index (χ1n) is 11.5. The Morgan fingerprint density at radius 3 is 2.67 bits per heavy atom. The van der Waals surface area contributed by atoms with Crippen LogP contribution in [0, 0.1) is 19.7 Å². The monoisotopic (exact) mass is 521 g/mol. The van der Waals surface area contributed by atoms with E-state index in [-0.39, 0.29) is 18.1 Å². The number of rotatable bonds is 6. The van der Waals surface area contributed by atoms with E-state index in [9.17, 15) is 17.6 Å². The van der Waals surface area contributed by atoms with E-state index in [0.29, 0.717) is 39.8 Å². The summed E-state index contributed by atoms with van der Waals surface area (Å²) in [5.74, 6) is -0.651. The molecule has 1 N–H and O–H groups in total. The van der Waals surface area contributed by atoms with Crippen molar-refractivity contribution in [2.45, 2.75) is 31.6 Å². The van der Waals surface area contributed by atoms with Crippen molar-refractivity contribution in [1.29, 1.82) is 0 Å². The molecule has 184 valence electrons. The molecule has 0 aliphatic carbocycles. The maximum absolute atomic E-state index is 13.4. The highest BCUT2D eigenvalue weighted by molar-refractivity contribution is 7.93. The van der Waals surface area contributed by atoms with Gasteiger partial charge in [0.15, 0.2) is 5.13 Å². The number of carbonyl (C=O) groups excluding carboxylic acids is 1. The quantitative estimate of drug-likeness (QED) is 0.364. The summed E-state index contributed by atoms with van der Waals surface area (Å²) in [6, 6.07) is 18.6. The second-order valence-electron chi connectivity index (χ2n) is 8.71. The van der Waals surface area contributed by atoms with E-state index < -0.39 is 10.0 Å². The second kappa shape index (κ2) is 9.48. The van der Waals surface area contributed by atoms with E-state index in [1.807, 2.05) is 31.2 Å². The minimum atomic E-state index is -3.66. The van der Waals surface area contributed by atoms with Gasteiger partial charge in [0.2, 0.25) is 5.91 Å². The van der Waals surface area contributed by atoms with Gasteiger partial charge in [-0.15, -0.1) is 11.3 Å². The molecule has 1 aliphatic heterocycles. The lowest BCUT2D eigenvalue weighted by atomic mass is 10.1. The zero-order valence-electron chi connectivity index (χ0n) is 19.8. The van der Waals surface area contributed by atoms with Crippen molar-refractivity contribution in [2.75, 3.05) is 16.2 Å². The molecule has 0 fully saturated rings. The molecule has 0 saturated heterocycles. The Hall–Kier alpha value is -3.56. The van der Waals surface area contributed by atoms with Crippen LogP contribution < -0.4 is 9.62 Å². The highest BCUT2D eigenvalue weighted by atomic mass is 32.2. The minimum Gasteiger partial charge on any atom is -0.302 e. The molecule has 0 radical (unpaired) electrons. The molecular formula is C27H24FN3O3S2. The number of thiazole rings is 1. The fourth-order valence-electron chi connectivity index (χ4n) is 4.45. The van der Waals surface area contributed by atoms with E-state index >= 15 is 0 Å². The van der Waals surface area contributed by atoms with Gasteiger partial charge in [0.05, 0.1) is 22.7 Å². The highest BCUT2D eigenvalue weighted by Gasteiger charge is 2.32. The van der Waals surface area contributed by atoms with Crippen LogP contribution in [0.2, 0.25) is 0 Å². The maximum Gasteiger partial charge on any atom is 0.264 e. The average molecular weight is 522 g/mol. The minimum absolute atomic E-state index is 0.0514. The normalized spacial score (nSPS) is 13.0. The molecule has 2 heterocycles. The highest BCUT2D eigenvalue weighted by Crippen LogP contribution is 2.38. The molecule has 9 heteroatoms. The van der Waals surface area contributed by atoms with Crippen LogP contribution in [-0.2, 0) is 27.7 Å². The van der Waals surface area contributed by atoms with Crippen molar-refractivity contribution >= 4 is 38.1 Å². The van der Waals surface area contributed by atoms with Gasteiger partial charge in [-0.25, -0.2) is 17.8 Å². The fourth-order valence-corrected chi connectivity index (χ4v) is 7.03. The van der Waals surface area contributed by atoms with Gasteiger partial charge in [-0.2, -0.15) is 0 Å². The van der Waals surface area contributed by atoms with Crippen LogP contribution in [0.5, 0.6) is 0 Å². The standard InChI is InChI=1S/C27H24FN3O3S2/c1-17-6-3-4-9-24(17)36(33,34)31-13-12-20-16-21(10-11-23(20)31)26-18(2)35-27(30-26)29-25(32)15-19-7-5-8-22(28)14-19/h3-11,14,16H,12-13,15H2,1-2H3,(H,29,30,32). The van der Waals surface area contributed by atoms with E-state index in [2.05, 4.69) is 10.3 Å². The molecule has 36 heavy (non-hydrogen) atoms. The van der Waals surface area contributed by atoms with Crippen LogP contribution in [0.15, 0.2) is 71.6 Å². The van der Waals surface area contributed by atoms with Crippen molar-refractivity contribution in [1.82, 2.24) is 4.98 Å². The number of nitrogens with zero attached hydrogens (tertiary/aromatic N) is 2. The van der Waals surface area contributed by atoms with Gasteiger partial charge in [0.1, 0.15) is 5.82 Å². The Morgan fingerprint density at radius 1 is 1.08 bits per heavy atom. The van der Waals surface area contributed by atoms with Crippen LogP contribution >= 0.6 is 11.3 Å². The zero-order chi connectivity index (χ0) is 25.4. The van der Waals surface area contributed by atoms with Crippen molar-refractivity contribution in [2.24, 2.45) is 0 Å². The number of amides is 1. The summed E-state index contributed by atoms with van der Waals surface area (Å²) in [6.45, 7) is 4.11. The molecular weight excluding hydrogens is 497 g/mol. The lowest BCUT2D eigenvalue weighted by Gasteiger charge is -2.21. The van der Waals surface area contributed by atoms with E-state index in [1.165, 1.54) is 27.8 Å². The molecule has 0 spiro atoms. The number of anilines is 2. The molecule has 4 aromatic rings. The topological polar surface area (TPSA) is 79.4 Å². The predicted molar refractivity (Wildman–Crippen MR) is 140 cm³/mol. The number of aryl methyl sites for hydroxylation is 2. The van der Waals surface area contributed by atoms with Gasteiger partial charge < -0.3 is 5.32 Å². The SMILES string of the molecule is Cc1ccccc1S(=O)(=O)N1CCc2cc(-c3nc(NC(=O)Cc4cccc(F)c4)sc3C)ccc21. The Bertz CT molecular complexity index is 1580. The first-order chi connectivity index (χ1) is 17.2. The molecule has 5 rings (SSSR count). The van der Waals surface area contributed by atoms with Crippen molar-refractivity contribution in [3.8, 4) is 11.3 Å². The lowest BCUT2D eigenvalue weighted by Crippen LogP contribution is -2.29. The maximum atomic E-state index is 13.4. The number of halogens is 1. The number of sulfonamides is 1. The van der Waals surface area contributed by atoms with Crippen LogP contribution in [0.4, 0.5) is 15.2 Å².